The van der Waals surface area contributed by atoms with Crippen molar-refractivity contribution in [2.24, 2.45) is 0 Å². The van der Waals surface area contributed by atoms with Crippen LogP contribution in [-0.2, 0) is 0 Å². The molecule has 0 bridgehead atoms. The third kappa shape index (κ3) is 5.63. The SMILES string of the molecule is CCC[CH2][Sn]([CH2]CCC)([CH2]CCC)[c]1ccc2oc(-c3cc4ccc(NC)cc4o3)cc(=O)c2c1. The van der Waals surface area contributed by atoms with Gasteiger partial charge in [-0.2, -0.15) is 0 Å². The minimum atomic E-state index is -2.62. The van der Waals surface area contributed by atoms with E-state index in [0.717, 1.165) is 16.7 Å². The third-order valence-electron chi connectivity index (χ3n) is 7.42. The van der Waals surface area contributed by atoms with Gasteiger partial charge in [0.1, 0.15) is 0 Å². The molecule has 0 radical (unpaired) electrons. The zero-order valence-electron chi connectivity index (χ0n) is 21.7. The summed E-state index contributed by atoms with van der Waals surface area (Å²) in [6, 6.07) is 16.1. The minimum absolute atomic E-state index is 0.0149. The number of rotatable bonds is 12. The van der Waals surface area contributed by atoms with E-state index in [1.54, 1.807) is 6.07 Å². The Balaban J connectivity index is 1.76. The van der Waals surface area contributed by atoms with Gasteiger partial charge in [-0.3, -0.25) is 0 Å². The summed E-state index contributed by atoms with van der Waals surface area (Å²) >= 11 is -2.62. The van der Waals surface area contributed by atoms with E-state index in [1.165, 1.54) is 55.4 Å². The van der Waals surface area contributed by atoms with Crippen LogP contribution in [-0.4, -0.2) is 25.4 Å². The van der Waals surface area contributed by atoms with Crippen molar-refractivity contribution in [3.8, 4) is 11.5 Å². The van der Waals surface area contributed by atoms with Gasteiger partial charge in [0.15, 0.2) is 0 Å². The van der Waals surface area contributed by atoms with Crippen LogP contribution in [0.15, 0.2) is 62.2 Å². The molecule has 0 unspecified atom stereocenters. The fraction of sp³-hybridized carbons (Fsp3) is 0.433. The van der Waals surface area contributed by atoms with Crippen LogP contribution in [0.4, 0.5) is 5.69 Å². The first-order valence-corrected chi connectivity index (χ1v) is 20.8. The summed E-state index contributed by atoms with van der Waals surface area (Å²) in [7, 11) is 1.88. The average molecular weight is 580 g/mol. The van der Waals surface area contributed by atoms with Crippen LogP contribution >= 0.6 is 0 Å². The molecule has 0 amide bonds. The average Bonchev–Trinajstić information content (AvgIpc) is 3.32. The summed E-state index contributed by atoms with van der Waals surface area (Å²) in [6.07, 6.45) is 7.62. The number of nitrogens with one attached hydrogen (secondary N) is 1. The first-order valence-electron chi connectivity index (χ1n) is 13.3. The van der Waals surface area contributed by atoms with E-state index in [0.29, 0.717) is 22.5 Å². The van der Waals surface area contributed by atoms with Crippen molar-refractivity contribution in [2.45, 2.75) is 72.6 Å². The quantitative estimate of drug-likeness (QED) is 0.171. The van der Waals surface area contributed by atoms with Crippen molar-refractivity contribution in [3.63, 3.8) is 0 Å². The molecule has 0 saturated heterocycles. The molecule has 0 aliphatic heterocycles. The molecule has 4 rings (SSSR count). The Labute approximate surface area is 213 Å². The Morgan fingerprint density at radius 3 is 2.00 bits per heavy atom. The Morgan fingerprint density at radius 1 is 0.743 bits per heavy atom. The molecular weight excluding hydrogens is 541 g/mol. The number of unbranched alkanes of at least 4 members (excludes halogenated alkanes) is 3. The number of benzene rings is 2. The first-order chi connectivity index (χ1) is 17.0. The number of anilines is 1. The van der Waals surface area contributed by atoms with Crippen molar-refractivity contribution in [3.05, 3.63) is 58.8 Å². The molecule has 0 spiro atoms. The molecule has 0 aliphatic carbocycles. The predicted molar refractivity (Wildman–Crippen MR) is 152 cm³/mol. The van der Waals surface area contributed by atoms with Crippen LogP contribution in [0, 0.1) is 0 Å². The molecule has 35 heavy (non-hydrogen) atoms. The van der Waals surface area contributed by atoms with Crippen molar-refractivity contribution in [1.82, 2.24) is 0 Å². The topological polar surface area (TPSA) is 55.4 Å². The van der Waals surface area contributed by atoms with E-state index < -0.39 is 18.4 Å². The monoisotopic (exact) mass is 581 g/mol. The normalized spacial score (nSPS) is 12.0. The molecule has 0 atom stereocenters. The van der Waals surface area contributed by atoms with E-state index in [4.69, 9.17) is 8.83 Å². The van der Waals surface area contributed by atoms with E-state index in [1.807, 2.05) is 37.4 Å². The van der Waals surface area contributed by atoms with Crippen molar-refractivity contribution in [1.29, 1.82) is 0 Å². The first kappa shape index (κ1) is 25.9. The van der Waals surface area contributed by atoms with Crippen LogP contribution in [0.1, 0.15) is 59.3 Å². The molecule has 1 N–H and O–H groups in total. The molecule has 2 heterocycles. The molecule has 0 fully saturated rings. The van der Waals surface area contributed by atoms with Gasteiger partial charge in [0.05, 0.1) is 0 Å². The zero-order chi connectivity index (χ0) is 24.8. The number of fused-ring (bicyclic) bond motifs is 2. The Bertz CT molecular complexity index is 1310. The van der Waals surface area contributed by atoms with Gasteiger partial charge < -0.3 is 0 Å². The van der Waals surface area contributed by atoms with Gasteiger partial charge in [-0.15, -0.1) is 0 Å². The fourth-order valence-corrected chi connectivity index (χ4v) is 21.2. The van der Waals surface area contributed by atoms with Crippen LogP contribution in [0.25, 0.3) is 33.5 Å². The number of hydrogen-bond donors (Lipinski definition) is 1. The third-order valence-corrected chi connectivity index (χ3v) is 23.0. The van der Waals surface area contributed by atoms with Gasteiger partial charge in [-0.05, 0) is 0 Å². The zero-order valence-corrected chi connectivity index (χ0v) is 24.6. The Morgan fingerprint density at radius 2 is 1.37 bits per heavy atom. The van der Waals surface area contributed by atoms with E-state index in [2.05, 4.69) is 38.2 Å². The van der Waals surface area contributed by atoms with Crippen LogP contribution < -0.4 is 14.3 Å². The number of furan rings is 1. The maximum atomic E-state index is 13.3. The molecule has 186 valence electrons. The van der Waals surface area contributed by atoms with E-state index in [-0.39, 0.29) is 5.43 Å². The van der Waals surface area contributed by atoms with Crippen LogP contribution in [0.3, 0.4) is 0 Å². The summed E-state index contributed by atoms with van der Waals surface area (Å²) in [5.41, 5.74) is 2.41. The molecule has 0 aliphatic rings. The molecule has 5 heteroatoms. The maximum absolute atomic E-state index is 13.3. The summed E-state index contributed by atoms with van der Waals surface area (Å²) in [5, 5.41) is 4.83. The molecule has 4 nitrogen and oxygen atoms in total. The van der Waals surface area contributed by atoms with E-state index in [9.17, 15) is 4.79 Å². The Kier molecular flexibility index (Phi) is 8.63. The fourth-order valence-electron chi connectivity index (χ4n) is 5.27. The standard InChI is InChI=1S/C18H12NO3.3C4H9.Sn/c1-19-12-7-6-11-8-17(22-16(11)9-12)18-10-14(20)13-4-2-3-5-15(13)21-18;3*1-3-4-2;/h3-10,19H,1H3;3*1,3-4H2,2H3;. The molecule has 0 saturated carbocycles. The summed E-state index contributed by atoms with van der Waals surface area (Å²) < 4.78 is 17.9. The van der Waals surface area contributed by atoms with Gasteiger partial charge in [-0.25, -0.2) is 0 Å². The number of hydrogen-bond acceptors (Lipinski definition) is 4. The second kappa shape index (κ2) is 11.7. The Hall–Kier alpha value is -2.21. The van der Waals surface area contributed by atoms with Gasteiger partial charge in [0.2, 0.25) is 0 Å². The molecule has 4 aromatic rings. The second-order valence-electron chi connectivity index (χ2n) is 9.89. The second-order valence-corrected chi connectivity index (χ2v) is 23.1. The van der Waals surface area contributed by atoms with Gasteiger partial charge in [0.25, 0.3) is 0 Å². The molecule has 2 aromatic heterocycles. The van der Waals surface area contributed by atoms with Crippen molar-refractivity contribution < 1.29 is 8.83 Å². The van der Waals surface area contributed by atoms with Gasteiger partial charge in [0, 0.05) is 7.05 Å². The van der Waals surface area contributed by atoms with Gasteiger partial charge in [-0.1, -0.05) is 0 Å². The van der Waals surface area contributed by atoms with Gasteiger partial charge >= 0.3 is 207 Å². The summed E-state index contributed by atoms with van der Waals surface area (Å²) in [4.78, 5) is 13.3. The molecule has 2 aromatic carbocycles. The molecular formula is C30H39NO3Sn. The summed E-state index contributed by atoms with van der Waals surface area (Å²) in [6.45, 7) is 6.89. The van der Waals surface area contributed by atoms with Crippen molar-refractivity contribution in [2.75, 3.05) is 12.4 Å². The van der Waals surface area contributed by atoms with Crippen LogP contribution in [0.2, 0.25) is 13.3 Å². The predicted octanol–water partition coefficient (Wildman–Crippen LogP) is 8.30. The van der Waals surface area contributed by atoms with E-state index >= 15 is 0 Å². The summed E-state index contributed by atoms with van der Waals surface area (Å²) in [5.74, 6) is 1.06. The van der Waals surface area contributed by atoms with Crippen LogP contribution in [0.5, 0.6) is 0 Å². The van der Waals surface area contributed by atoms with Crippen molar-refractivity contribution >= 4 is 49.6 Å².